The summed E-state index contributed by atoms with van der Waals surface area (Å²) in [6.45, 7) is 6.29. The molecule has 0 aliphatic heterocycles. The minimum absolute atomic E-state index is 0.305. The highest BCUT2D eigenvalue weighted by Crippen LogP contribution is 2.13. The number of hydrogen-bond acceptors (Lipinski definition) is 2. The molecule has 0 unspecified atom stereocenters. The van der Waals surface area contributed by atoms with Crippen molar-refractivity contribution in [1.29, 1.82) is 0 Å². The molecule has 0 atom stereocenters. The minimum atomic E-state index is -0.337. The molecule has 0 saturated heterocycles. The van der Waals surface area contributed by atoms with Crippen LogP contribution in [0.4, 0.5) is 0 Å². The van der Waals surface area contributed by atoms with Crippen LogP contribution in [0.2, 0.25) is 0 Å². The molecule has 0 saturated carbocycles. The Kier molecular flexibility index (Phi) is 18.8. The van der Waals surface area contributed by atoms with Crippen LogP contribution in [0, 0.1) is 0 Å². The number of ether oxygens (including phenoxy) is 1. The number of carbonyl (C=O) groups is 1. The fourth-order valence-corrected chi connectivity index (χ4v) is 3.01. The van der Waals surface area contributed by atoms with Gasteiger partial charge >= 0.3 is 5.97 Å². The van der Waals surface area contributed by atoms with Gasteiger partial charge < -0.3 is 4.74 Å². The lowest BCUT2D eigenvalue weighted by atomic mass is 10.0. The Hall–Kier alpha value is -0.310. The van der Waals surface area contributed by atoms with Gasteiger partial charge in [-0.15, -0.1) is 0 Å². The zero-order valence-electron chi connectivity index (χ0n) is 15.9. The van der Waals surface area contributed by atoms with Gasteiger partial charge in [0.15, 0.2) is 0 Å². The van der Waals surface area contributed by atoms with E-state index in [4.69, 9.17) is 4.74 Å². The van der Waals surface area contributed by atoms with Crippen molar-refractivity contribution in [2.75, 3.05) is 6.61 Å². The summed E-state index contributed by atoms with van der Waals surface area (Å²) in [5.74, 6) is -0.337. The van der Waals surface area contributed by atoms with Gasteiger partial charge in [0.05, 0.1) is 11.1 Å². The Labute approximate surface area is 158 Å². The van der Waals surface area contributed by atoms with Crippen molar-refractivity contribution in [3.63, 3.8) is 0 Å². The first kappa shape index (κ1) is 23.7. The van der Waals surface area contributed by atoms with E-state index in [2.05, 4.69) is 29.4 Å². The molecule has 0 fully saturated rings. The van der Waals surface area contributed by atoms with Gasteiger partial charge in [-0.3, -0.25) is 0 Å². The van der Waals surface area contributed by atoms with Crippen LogP contribution < -0.4 is 0 Å². The monoisotopic (exact) mass is 402 g/mol. The Morgan fingerprint density at radius 3 is 1.38 bits per heavy atom. The molecule has 0 aliphatic carbocycles. The second-order valence-electron chi connectivity index (χ2n) is 6.84. The molecule has 0 bridgehead atoms. The summed E-state index contributed by atoms with van der Waals surface area (Å²) in [5.41, 5.74) is 0. The predicted octanol–water partition coefficient (Wildman–Crippen LogP) is 7.70. The van der Waals surface area contributed by atoms with Gasteiger partial charge in [-0.25, -0.2) is 4.79 Å². The Morgan fingerprint density at radius 2 is 1.04 bits per heavy atom. The van der Waals surface area contributed by atoms with Crippen molar-refractivity contribution in [1.82, 2.24) is 0 Å². The number of carbonyl (C=O) groups excluding carboxylic acids is 1. The van der Waals surface area contributed by atoms with E-state index in [1.54, 1.807) is 0 Å². The van der Waals surface area contributed by atoms with Crippen molar-refractivity contribution in [3.8, 4) is 0 Å². The third kappa shape index (κ3) is 18.0. The van der Waals surface area contributed by atoms with Crippen LogP contribution in [0.5, 0.6) is 0 Å². The highest BCUT2D eigenvalue weighted by molar-refractivity contribution is 9.12. The summed E-state index contributed by atoms with van der Waals surface area (Å²) < 4.78 is 5.34. The molecule has 0 aromatic heterocycles. The zero-order chi connectivity index (χ0) is 17.9. The molecule has 142 valence electrons. The van der Waals surface area contributed by atoms with E-state index in [-0.39, 0.29) is 5.97 Å². The van der Waals surface area contributed by atoms with Gasteiger partial charge in [-0.1, -0.05) is 110 Å². The van der Waals surface area contributed by atoms with E-state index in [0.717, 1.165) is 12.8 Å². The van der Waals surface area contributed by atoms with E-state index < -0.39 is 0 Å². The van der Waals surface area contributed by atoms with Crippen LogP contribution in [0.15, 0.2) is 11.1 Å². The van der Waals surface area contributed by atoms with Crippen LogP contribution >= 0.6 is 15.9 Å². The SMILES string of the molecule is C=C(Br)C(=O)OCCCCCCCCCCCCCCCCCC. The lowest BCUT2D eigenvalue weighted by Crippen LogP contribution is -2.04. The minimum Gasteiger partial charge on any atom is -0.462 e. The Balaban J connectivity index is 3.05. The highest BCUT2D eigenvalue weighted by atomic mass is 79.9. The third-order valence-electron chi connectivity index (χ3n) is 4.45. The molecule has 0 N–H and O–H groups in total. The molecular weight excluding hydrogens is 364 g/mol. The molecule has 3 heteroatoms. The third-order valence-corrected chi connectivity index (χ3v) is 4.78. The Bertz CT molecular complexity index is 302. The first-order valence-corrected chi connectivity index (χ1v) is 11.0. The average Bonchev–Trinajstić information content (AvgIpc) is 2.57. The molecule has 0 amide bonds. The second kappa shape index (κ2) is 19.0. The summed E-state index contributed by atoms with van der Waals surface area (Å²) in [6, 6.07) is 0. The number of halogens is 1. The van der Waals surface area contributed by atoms with E-state index in [0.29, 0.717) is 11.1 Å². The first-order chi connectivity index (χ1) is 11.7. The largest absolute Gasteiger partial charge is 0.462 e. The summed E-state index contributed by atoms with van der Waals surface area (Å²) in [4.78, 5) is 11.1. The van der Waals surface area contributed by atoms with Gasteiger partial charge in [0.25, 0.3) is 0 Å². The van der Waals surface area contributed by atoms with Gasteiger partial charge in [-0.05, 0) is 22.4 Å². The quantitative estimate of drug-likeness (QED) is 0.133. The number of hydrogen-bond donors (Lipinski definition) is 0. The molecule has 0 radical (unpaired) electrons. The summed E-state index contributed by atoms with van der Waals surface area (Å²) in [7, 11) is 0. The maximum absolute atomic E-state index is 11.1. The van der Waals surface area contributed by atoms with Gasteiger partial charge in [-0.2, -0.15) is 0 Å². The molecule has 0 rings (SSSR count). The van der Waals surface area contributed by atoms with Crippen molar-refractivity contribution in [2.45, 2.75) is 110 Å². The Morgan fingerprint density at radius 1 is 0.708 bits per heavy atom. The van der Waals surface area contributed by atoms with Crippen LogP contribution in [0.3, 0.4) is 0 Å². The smallest absolute Gasteiger partial charge is 0.344 e. The van der Waals surface area contributed by atoms with Crippen LogP contribution in [-0.2, 0) is 9.53 Å². The molecule has 2 nitrogen and oxygen atoms in total. The van der Waals surface area contributed by atoms with Gasteiger partial charge in [0.1, 0.15) is 0 Å². The maximum atomic E-state index is 11.1. The lowest BCUT2D eigenvalue weighted by molar-refractivity contribution is -0.138. The second-order valence-corrected chi connectivity index (χ2v) is 7.80. The zero-order valence-corrected chi connectivity index (χ0v) is 17.5. The van der Waals surface area contributed by atoms with Crippen molar-refractivity contribution in [2.24, 2.45) is 0 Å². The summed E-state index contributed by atoms with van der Waals surface area (Å²) in [6.07, 6.45) is 21.6. The fraction of sp³-hybridized carbons (Fsp3) is 0.857. The summed E-state index contributed by atoms with van der Waals surface area (Å²) in [5, 5.41) is 0. The predicted molar refractivity (Wildman–Crippen MR) is 109 cm³/mol. The number of esters is 1. The standard InChI is InChI=1S/C21H39BrO2/c1-3-4-5-6-7-8-9-10-11-12-13-14-15-16-17-18-19-24-21(23)20(2)22/h2-19H2,1H3. The molecule has 24 heavy (non-hydrogen) atoms. The first-order valence-electron chi connectivity index (χ1n) is 10.2. The normalized spacial score (nSPS) is 10.8. The lowest BCUT2D eigenvalue weighted by Gasteiger charge is -2.04. The van der Waals surface area contributed by atoms with E-state index >= 15 is 0 Å². The highest BCUT2D eigenvalue weighted by Gasteiger charge is 2.03. The molecule has 0 spiro atoms. The average molecular weight is 403 g/mol. The number of rotatable bonds is 18. The fourth-order valence-electron chi connectivity index (χ4n) is 2.89. The van der Waals surface area contributed by atoms with Crippen LogP contribution in [0.25, 0.3) is 0 Å². The maximum Gasteiger partial charge on any atom is 0.344 e. The molecular formula is C21H39BrO2. The van der Waals surface area contributed by atoms with E-state index in [1.807, 2.05) is 0 Å². The summed E-state index contributed by atoms with van der Waals surface area (Å²) >= 11 is 3.02. The topological polar surface area (TPSA) is 26.3 Å². The van der Waals surface area contributed by atoms with Crippen molar-refractivity contribution in [3.05, 3.63) is 11.1 Å². The molecule has 0 heterocycles. The van der Waals surface area contributed by atoms with Crippen LogP contribution in [-0.4, -0.2) is 12.6 Å². The number of unbranched alkanes of at least 4 members (excludes halogenated alkanes) is 15. The van der Waals surface area contributed by atoms with E-state index in [1.165, 1.54) is 89.9 Å². The van der Waals surface area contributed by atoms with Crippen LogP contribution in [0.1, 0.15) is 110 Å². The van der Waals surface area contributed by atoms with Crippen molar-refractivity contribution >= 4 is 21.9 Å². The van der Waals surface area contributed by atoms with Crippen molar-refractivity contribution < 1.29 is 9.53 Å². The van der Waals surface area contributed by atoms with Gasteiger partial charge in [0.2, 0.25) is 0 Å². The molecule has 0 aromatic carbocycles. The van der Waals surface area contributed by atoms with E-state index in [9.17, 15) is 4.79 Å². The molecule has 0 aliphatic rings. The van der Waals surface area contributed by atoms with Gasteiger partial charge in [0, 0.05) is 0 Å². The molecule has 0 aromatic rings.